The summed E-state index contributed by atoms with van der Waals surface area (Å²) in [5.74, 6) is -0.469. The van der Waals surface area contributed by atoms with E-state index in [0.29, 0.717) is 24.2 Å². The van der Waals surface area contributed by atoms with E-state index in [1.54, 1.807) is 26.0 Å². The van der Waals surface area contributed by atoms with E-state index in [1.165, 1.54) is 16.8 Å². The van der Waals surface area contributed by atoms with E-state index in [9.17, 15) is 22.0 Å². The Kier molecular flexibility index (Phi) is 6.82. The second-order valence-corrected chi connectivity index (χ2v) is 11.2. The molecule has 0 spiro atoms. The summed E-state index contributed by atoms with van der Waals surface area (Å²) in [6.45, 7) is 2.60. The molecule has 0 aliphatic carbocycles. The average molecular weight is 530 g/mol. The largest absolute Gasteiger partial charge is 0.482 e. The number of hydrogen-bond acceptors (Lipinski definition) is 8. The molecule has 1 amide bonds. The fourth-order valence-corrected chi connectivity index (χ4v) is 5.42. The van der Waals surface area contributed by atoms with E-state index in [0.717, 1.165) is 0 Å². The number of nitrogens with zero attached hydrogens (tertiary/aromatic N) is 4. The first-order valence-electron chi connectivity index (χ1n) is 10.6. The van der Waals surface area contributed by atoms with Crippen LogP contribution in [-0.4, -0.2) is 64.0 Å². The standard InChI is InChI=1S/C21H22ClF2N5O5S/c1-12-14(34-20-15(33-11-16(23)24)9-13(22)10-25-20)3-4-17-26-18(28-29(12)17)19(30)27-21(2)5-7-35(31,32)8-6-21/h3-4,9-10,16H,5-8,11H2,1-2H3,(H,27,30). The van der Waals surface area contributed by atoms with Gasteiger partial charge >= 0.3 is 0 Å². The van der Waals surface area contributed by atoms with Gasteiger partial charge in [0.1, 0.15) is 16.4 Å². The number of amides is 1. The third-order valence-electron chi connectivity index (χ3n) is 5.59. The predicted molar refractivity (Wildman–Crippen MR) is 122 cm³/mol. The summed E-state index contributed by atoms with van der Waals surface area (Å²) in [5, 5.41) is 7.29. The highest BCUT2D eigenvalue weighted by Crippen LogP contribution is 2.33. The summed E-state index contributed by atoms with van der Waals surface area (Å²) in [5.41, 5.74) is 0.146. The Morgan fingerprint density at radius 2 is 2.00 bits per heavy atom. The Hall–Kier alpha value is -3.06. The van der Waals surface area contributed by atoms with Crippen LogP contribution in [0.5, 0.6) is 17.4 Å². The van der Waals surface area contributed by atoms with Crippen molar-refractivity contribution in [2.45, 2.75) is 38.7 Å². The highest BCUT2D eigenvalue weighted by molar-refractivity contribution is 7.91. The van der Waals surface area contributed by atoms with Gasteiger partial charge in [-0.3, -0.25) is 4.79 Å². The summed E-state index contributed by atoms with van der Waals surface area (Å²) in [7, 11) is -3.08. The van der Waals surface area contributed by atoms with Crippen LogP contribution in [0, 0.1) is 6.92 Å². The number of sulfone groups is 1. The maximum Gasteiger partial charge on any atom is 0.291 e. The molecule has 1 aliphatic rings. The lowest BCUT2D eigenvalue weighted by atomic mass is 9.95. The van der Waals surface area contributed by atoms with Crippen LogP contribution in [0.1, 0.15) is 36.1 Å². The first kappa shape index (κ1) is 25.0. The SMILES string of the molecule is Cc1c(Oc2ncc(Cl)cc2OCC(F)F)ccc2nc(C(=O)NC3(C)CCS(=O)(=O)CC3)nn12. The molecule has 1 fully saturated rings. The molecule has 3 aromatic rings. The lowest BCUT2D eigenvalue weighted by molar-refractivity contribution is 0.0804. The zero-order chi connectivity index (χ0) is 25.4. The summed E-state index contributed by atoms with van der Waals surface area (Å²) >= 11 is 5.89. The monoisotopic (exact) mass is 529 g/mol. The van der Waals surface area contributed by atoms with Crippen LogP contribution in [0.25, 0.3) is 5.65 Å². The summed E-state index contributed by atoms with van der Waals surface area (Å²) in [6.07, 6.45) is -0.806. The number of hydrogen-bond donors (Lipinski definition) is 1. The van der Waals surface area contributed by atoms with E-state index in [-0.39, 0.29) is 39.7 Å². The molecule has 188 valence electrons. The number of halogens is 3. The highest BCUT2D eigenvalue weighted by Gasteiger charge is 2.35. The van der Waals surface area contributed by atoms with Crippen LogP contribution in [-0.2, 0) is 9.84 Å². The molecule has 10 nitrogen and oxygen atoms in total. The maximum absolute atomic E-state index is 12.8. The first-order valence-corrected chi connectivity index (χ1v) is 12.8. The second kappa shape index (κ2) is 9.53. The topological polar surface area (TPSA) is 125 Å². The zero-order valence-corrected chi connectivity index (χ0v) is 20.4. The van der Waals surface area contributed by atoms with Gasteiger partial charge in [-0.25, -0.2) is 31.7 Å². The van der Waals surface area contributed by atoms with Crippen molar-refractivity contribution in [2.24, 2.45) is 0 Å². The molecule has 0 saturated carbocycles. The molecule has 0 bridgehead atoms. The van der Waals surface area contributed by atoms with Gasteiger partial charge in [0.25, 0.3) is 18.2 Å². The van der Waals surface area contributed by atoms with Gasteiger partial charge in [-0.15, -0.1) is 5.10 Å². The van der Waals surface area contributed by atoms with Crippen LogP contribution >= 0.6 is 11.6 Å². The van der Waals surface area contributed by atoms with E-state index in [4.69, 9.17) is 21.1 Å². The van der Waals surface area contributed by atoms with Crippen LogP contribution in [0.3, 0.4) is 0 Å². The molecule has 4 rings (SSSR count). The number of pyridine rings is 2. The fourth-order valence-electron chi connectivity index (χ4n) is 3.55. The van der Waals surface area contributed by atoms with Crippen molar-refractivity contribution in [3.05, 3.63) is 40.9 Å². The number of ether oxygens (including phenoxy) is 2. The van der Waals surface area contributed by atoms with E-state index >= 15 is 0 Å². The zero-order valence-electron chi connectivity index (χ0n) is 18.8. The molecule has 14 heteroatoms. The number of nitrogens with one attached hydrogen (secondary N) is 1. The van der Waals surface area contributed by atoms with Gasteiger partial charge in [-0.05, 0) is 38.8 Å². The third-order valence-corrected chi connectivity index (χ3v) is 7.45. The number of aromatic nitrogens is 4. The normalized spacial score (nSPS) is 16.9. The Bertz CT molecular complexity index is 1370. The number of fused-ring (bicyclic) bond motifs is 1. The van der Waals surface area contributed by atoms with E-state index in [2.05, 4.69) is 20.4 Å². The van der Waals surface area contributed by atoms with E-state index in [1.807, 2.05) is 0 Å². The summed E-state index contributed by atoms with van der Waals surface area (Å²) < 4.78 is 60.8. The summed E-state index contributed by atoms with van der Waals surface area (Å²) in [4.78, 5) is 21.1. The summed E-state index contributed by atoms with van der Waals surface area (Å²) in [6, 6.07) is 4.45. The van der Waals surface area contributed by atoms with Gasteiger partial charge in [0.05, 0.1) is 22.2 Å². The van der Waals surface area contributed by atoms with Crippen molar-refractivity contribution in [3.8, 4) is 17.4 Å². The van der Waals surface area contributed by atoms with Crippen LogP contribution in [0.15, 0.2) is 24.4 Å². The lowest BCUT2D eigenvalue weighted by Gasteiger charge is -2.33. The highest BCUT2D eigenvalue weighted by atomic mass is 35.5. The molecule has 1 aliphatic heterocycles. The minimum Gasteiger partial charge on any atom is -0.482 e. The van der Waals surface area contributed by atoms with Crippen molar-refractivity contribution < 1.29 is 31.5 Å². The minimum atomic E-state index is -3.08. The Balaban J connectivity index is 1.55. The molecule has 0 unspecified atom stereocenters. The van der Waals surface area contributed by atoms with Gasteiger partial charge in [0.15, 0.2) is 17.1 Å². The van der Waals surface area contributed by atoms with Gasteiger partial charge < -0.3 is 14.8 Å². The number of aryl methyl sites for hydroxylation is 1. The molecule has 3 aromatic heterocycles. The molecular formula is C21H22ClF2N5O5S. The smallest absolute Gasteiger partial charge is 0.291 e. The lowest BCUT2D eigenvalue weighted by Crippen LogP contribution is -2.51. The predicted octanol–water partition coefficient (Wildman–Crippen LogP) is 3.22. The maximum atomic E-state index is 12.8. The van der Waals surface area contributed by atoms with Crippen LogP contribution in [0.2, 0.25) is 5.02 Å². The number of carbonyl (C=O) groups excluding carboxylic acids is 1. The van der Waals surface area contributed by atoms with Gasteiger partial charge in [0.2, 0.25) is 5.82 Å². The number of alkyl halides is 2. The second-order valence-electron chi connectivity index (χ2n) is 8.42. The van der Waals surface area contributed by atoms with Gasteiger partial charge in [0, 0.05) is 17.8 Å². The van der Waals surface area contributed by atoms with Gasteiger partial charge in [-0.1, -0.05) is 11.6 Å². The molecule has 0 aromatic carbocycles. The number of carbonyl (C=O) groups is 1. The molecule has 0 radical (unpaired) electrons. The van der Waals surface area contributed by atoms with Crippen molar-refractivity contribution in [2.75, 3.05) is 18.1 Å². The van der Waals surface area contributed by atoms with Crippen molar-refractivity contribution >= 4 is 33.0 Å². The minimum absolute atomic E-state index is 0.00390. The quantitative estimate of drug-likeness (QED) is 0.494. The average Bonchev–Trinajstić information content (AvgIpc) is 3.23. The third kappa shape index (κ3) is 5.78. The number of rotatable bonds is 7. The molecule has 4 heterocycles. The fraction of sp³-hybridized carbons (Fsp3) is 0.429. The van der Waals surface area contributed by atoms with Crippen LogP contribution < -0.4 is 14.8 Å². The molecule has 0 atom stereocenters. The first-order chi connectivity index (χ1) is 16.4. The Labute approximate surface area is 204 Å². The Morgan fingerprint density at radius 3 is 2.69 bits per heavy atom. The van der Waals surface area contributed by atoms with Crippen molar-refractivity contribution in [1.82, 2.24) is 24.9 Å². The molecule has 1 N–H and O–H groups in total. The molecular weight excluding hydrogens is 508 g/mol. The van der Waals surface area contributed by atoms with Crippen molar-refractivity contribution in [3.63, 3.8) is 0 Å². The van der Waals surface area contributed by atoms with Gasteiger partial charge in [-0.2, -0.15) is 0 Å². The van der Waals surface area contributed by atoms with Crippen LogP contribution in [0.4, 0.5) is 8.78 Å². The molecule has 1 saturated heterocycles. The molecule has 35 heavy (non-hydrogen) atoms. The Morgan fingerprint density at radius 1 is 1.29 bits per heavy atom. The van der Waals surface area contributed by atoms with Crippen molar-refractivity contribution in [1.29, 1.82) is 0 Å². The van der Waals surface area contributed by atoms with E-state index < -0.39 is 34.3 Å².